The highest BCUT2D eigenvalue weighted by Gasteiger charge is 2.20. The highest BCUT2D eigenvalue weighted by molar-refractivity contribution is 6.22. The molecule has 0 radical (unpaired) electrons. The van der Waals surface area contributed by atoms with Crippen molar-refractivity contribution in [2.45, 2.75) is 13.5 Å². The first-order valence-electron chi connectivity index (χ1n) is 11.1. The van der Waals surface area contributed by atoms with Gasteiger partial charge in [0.1, 0.15) is 0 Å². The molecule has 0 aliphatic rings. The smallest absolute Gasteiger partial charge is 0.338 e. The topological polar surface area (TPSA) is 124 Å². The maximum Gasteiger partial charge on any atom is 0.338 e. The zero-order chi connectivity index (χ0) is 24.8. The van der Waals surface area contributed by atoms with Gasteiger partial charge in [-0.1, -0.05) is 48.5 Å². The Morgan fingerprint density at radius 2 is 1.74 bits per heavy atom. The van der Waals surface area contributed by atoms with Gasteiger partial charge in [0.25, 0.3) is 0 Å². The Bertz CT molecular complexity index is 1380. The van der Waals surface area contributed by atoms with E-state index in [9.17, 15) is 14.7 Å². The zero-order valence-electron chi connectivity index (χ0n) is 19.1. The number of fused-ring (bicyclic) bond motifs is 1. The van der Waals surface area contributed by atoms with Gasteiger partial charge < -0.3 is 25.3 Å². The van der Waals surface area contributed by atoms with Crippen molar-refractivity contribution in [3.05, 3.63) is 95.1 Å². The molecule has 1 aromatic heterocycles. The lowest BCUT2D eigenvalue weighted by molar-refractivity contribution is -0.136. The fraction of sp³-hybridized carbons (Fsp3) is 0.148. The van der Waals surface area contributed by atoms with E-state index < -0.39 is 11.9 Å². The summed E-state index contributed by atoms with van der Waals surface area (Å²) in [5.41, 5.74) is 4.47. The molecule has 0 saturated carbocycles. The van der Waals surface area contributed by atoms with E-state index in [2.05, 4.69) is 10.3 Å². The number of aromatic amines is 1. The molecule has 0 aliphatic heterocycles. The molecular formula is C27H25N3O5. The summed E-state index contributed by atoms with van der Waals surface area (Å²) in [5.74, 6) is -1.40. The number of hydrogen-bond acceptors (Lipinski definition) is 6. The number of rotatable bonds is 9. The molecule has 0 bridgehead atoms. The lowest BCUT2D eigenvalue weighted by Crippen LogP contribution is -2.21. The molecular weight excluding hydrogens is 446 g/mol. The minimum absolute atomic E-state index is 0.0573. The number of aliphatic imine (C=N–C) groups is 1. The van der Waals surface area contributed by atoms with Crippen molar-refractivity contribution in [3.8, 4) is 5.88 Å². The van der Waals surface area contributed by atoms with Gasteiger partial charge in [-0.15, -0.1) is 0 Å². The molecule has 3 aromatic carbocycles. The Kier molecular flexibility index (Phi) is 7.23. The van der Waals surface area contributed by atoms with Crippen molar-refractivity contribution in [2.24, 2.45) is 4.99 Å². The third kappa shape index (κ3) is 5.56. The zero-order valence-corrected chi connectivity index (χ0v) is 19.1. The molecule has 0 saturated heterocycles. The van der Waals surface area contributed by atoms with Crippen LogP contribution in [0.1, 0.15) is 34.0 Å². The third-order valence-electron chi connectivity index (χ3n) is 5.36. The van der Waals surface area contributed by atoms with Gasteiger partial charge in [0.05, 0.1) is 35.7 Å². The number of carbonyl (C=O) groups is 2. The summed E-state index contributed by atoms with van der Waals surface area (Å²) < 4.78 is 5.08. The van der Waals surface area contributed by atoms with Crippen LogP contribution in [0.2, 0.25) is 0 Å². The van der Waals surface area contributed by atoms with Crippen molar-refractivity contribution in [3.63, 3.8) is 0 Å². The lowest BCUT2D eigenvalue weighted by atomic mass is 10.00. The number of esters is 1. The predicted molar refractivity (Wildman–Crippen MR) is 133 cm³/mol. The molecule has 4 rings (SSSR count). The second kappa shape index (κ2) is 10.7. The van der Waals surface area contributed by atoms with Gasteiger partial charge in [-0.3, -0.25) is 4.79 Å². The summed E-state index contributed by atoms with van der Waals surface area (Å²) in [5, 5.41) is 23.2. The summed E-state index contributed by atoms with van der Waals surface area (Å²) in [6, 6.07) is 22.0. The first kappa shape index (κ1) is 23.7. The van der Waals surface area contributed by atoms with Crippen molar-refractivity contribution in [1.82, 2.24) is 10.3 Å². The highest BCUT2D eigenvalue weighted by atomic mass is 16.5. The first-order valence-corrected chi connectivity index (χ1v) is 11.1. The van der Waals surface area contributed by atoms with Crippen LogP contribution in [0.5, 0.6) is 5.88 Å². The number of hydrogen-bond donors (Lipinski definition) is 4. The largest absolute Gasteiger partial charge is 0.494 e. The minimum atomic E-state index is -0.911. The van der Waals surface area contributed by atoms with Gasteiger partial charge in [-0.25, -0.2) is 9.79 Å². The molecule has 1 heterocycles. The van der Waals surface area contributed by atoms with E-state index in [1.807, 2.05) is 54.6 Å². The number of aliphatic carboxylic acids is 1. The maximum absolute atomic E-state index is 12.1. The quantitative estimate of drug-likeness (QED) is 0.212. The number of nitrogens with one attached hydrogen (secondary N) is 2. The highest BCUT2D eigenvalue weighted by Crippen LogP contribution is 2.32. The van der Waals surface area contributed by atoms with Crippen LogP contribution >= 0.6 is 0 Å². The van der Waals surface area contributed by atoms with Crippen LogP contribution in [-0.2, 0) is 16.1 Å². The number of nitrogens with zero attached hydrogens (tertiary/aromatic N) is 1. The number of aromatic nitrogens is 1. The van der Waals surface area contributed by atoms with Gasteiger partial charge in [-0.05, 0) is 36.8 Å². The number of carbonyl (C=O) groups excluding carboxylic acids is 1. The molecule has 0 atom stereocenters. The number of benzene rings is 3. The van der Waals surface area contributed by atoms with Crippen molar-refractivity contribution >= 4 is 34.2 Å². The lowest BCUT2D eigenvalue weighted by Gasteiger charge is -2.09. The van der Waals surface area contributed by atoms with E-state index >= 15 is 0 Å². The summed E-state index contributed by atoms with van der Waals surface area (Å²) >= 11 is 0. The van der Waals surface area contributed by atoms with Gasteiger partial charge in [0.2, 0.25) is 0 Å². The molecule has 8 heteroatoms. The van der Waals surface area contributed by atoms with E-state index in [1.54, 1.807) is 25.1 Å². The average Bonchev–Trinajstić information content (AvgIpc) is 3.18. The number of carboxylic acids is 1. The standard InChI is InChI=1S/C27H25N3O5/c1-2-35-27(34)19-10-13-21-22(14-19)30-26(33)24(21)25(18-6-4-3-5-7-18)29-20-11-8-17(9-12-20)15-28-16-23(31)32/h3-14,28,30,33H,2,15-16H2,1H3,(H,31,32). The molecule has 0 spiro atoms. The molecule has 0 amide bonds. The monoisotopic (exact) mass is 471 g/mol. The fourth-order valence-corrected chi connectivity index (χ4v) is 3.76. The van der Waals surface area contributed by atoms with Crippen LogP contribution in [0.3, 0.4) is 0 Å². The average molecular weight is 472 g/mol. The molecule has 0 fully saturated rings. The third-order valence-corrected chi connectivity index (χ3v) is 5.36. The van der Waals surface area contributed by atoms with Gasteiger partial charge in [0.15, 0.2) is 5.88 Å². The van der Waals surface area contributed by atoms with Crippen LogP contribution in [-0.4, -0.2) is 46.0 Å². The second-order valence-electron chi connectivity index (χ2n) is 7.82. The van der Waals surface area contributed by atoms with Crippen molar-refractivity contribution in [1.29, 1.82) is 0 Å². The minimum Gasteiger partial charge on any atom is -0.494 e. The molecule has 35 heavy (non-hydrogen) atoms. The molecule has 4 N–H and O–H groups in total. The van der Waals surface area contributed by atoms with E-state index in [-0.39, 0.29) is 19.0 Å². The Labute approximate surface area is 201 Å². The number of carboxylic acid groups (broad SMARTS) is 1. The van der Waals surface area contributed by atoms with Crippen LogP contribution in [0.15, 0.2) is 77.8 Å². The number of ether oxygens (including phenoxy) is 1. The maximum atomic E-state index is 12.1. The fourth-order valence-electron chi connectivity index (χ4n) is 3.76. The summed E-state index contributed by atoms with van der Waals surface area (Å²) in [7, 11) is 0. The van der Waals surface area contributed by atoms with Crippen LogP contribution in [0.25, 0.3) is 10.9 Å². The molecule has 0 aliphatic carbocycles. The normalized spacial score (nSPS) is 11.5. The van der Waals surface area contributed by atoms with Gasteiger partial charge in [0, 0.05) is 23.0 Å². The Hall–Kier alpha value is -4.43. The van der Waals surface area contributed by atoms with Gasteiger partial charge >= 0.3 is 11.9 Å². The molecule has 8 nitrogen and oxygen atoms in total. The summed E-state index contributed by atoms with van der Waals surface area (Å²) in [4.78, 5) is 30.6. The summed E-state index contributed by atoms with van der Waals surface area (Å²) in [6.07, 6.45) is 0. The molecule has 4 aromatic rings. The van der Waals surface area contributed by atoms with E-state index in [0.29, 0.717) is 40.0 Å². The predicted octanol–water partition coefficient (Wildman–Crippen LogP) is 4.39. The summed E-state index contributed by atoms with van der Waals surface area (Å²) in [6.45, 7) is 2.33. The second-order valence-corrected chi connectivity index (χ2v) is 7.82. The van der Waals surface area contributed by atoms with Gasteiger partial charge in [-0.2, -0.15) is 0 Å². The SMILES string of the molecule is CCOC(=O)c1ccc2c(C(=Nc3ccc(CNCC(=O)O)cc3)c3ccccc3)c(O)[nH]c2c1. The molecule has 0 unspecified atom stereocenters. The van der Waals surface area contributed by atoms with Crippen molar-refractivity contribution < 1.29 is 24.5 Å². The number of H-pyrrole nitrogens is 1. The van der Waals surface area contributed by atoms with E-state index in [1.165, 1.54) is 0 Å². The van der Waals surface area contributed by atoms with E-state index in [0.717, 1.165) is 11.1 Å². The Morgan fingerprint density at radius 3 is 2.43 bits per heavy atom. The van der Waals surface area contributed by atoms with E-state index in [4.69, 9.17) is 14.8 Å². The Morgan fingerprint density at radius 1 is 1.00 bits per heavy atom. The first-order chi connectivity index (χ1) is 17.0. The Balaban J connectivity index is 1.74. The van der Waals surface area contributed by atoms with Crippen molar-refractivity contribution in [2.75, 3.05) is 13.2 Å². The van der Waals surface area contributed by atoms with Crippen LogP contribution in [0, 0.1) is 0 Å². The van der Waals surface area contributed by atoms with Crippen LogP contribution < -0.4 is 5.32 Å². The number of aromatic hydroxyl groups is 1. The molecule has 178 valence electrons. The van der Waals surface area contributed by atoms with Crippen LogP contribution in [0.4, 0.5) is 5.69 Å².